The summed E-state index contributed by atoms with van der Waals surface area (Å²) in [6.45, 7) is 5.04. The number of hydrogen-bond acceptors (Lipinski definition) is 6. The third kappa shape index (κ3) is 4.17. The Morgan fingerprint density at radius 2 is 2.16 bits per heavy atom. The highest BCUT2D eigenvalue weighted by molar-refractivity contribution is 7.91. The number of carboxylic acid groups (broad SMARTS) is 1. The van der Waals surface area contributed by atoms with Crippen molar-refractivity contribution in [2.24, 2.45) is 0 Å². The minimum atomic E-state index is -3.00. The number of thiazole rings is 1. The second-order valence-electron chi connectivity index (χ2n) is 4.63. The van der Waals surface area contributed by atoms with Gasteiger partial charge < -0.3 is 10.4 Å². The molecule has 0 aliphatic rings. The summed E-state index contributed by atoms with van der Waals surface area (Å²) in [5.41, 5.74) is -0.586. The Balaban J connectivity index is 2.64. The van der Waals surface area contributed by atoms with Crippen molar-refractivity contribution in [3.63, 3.8) is 0 Å². The van der Waals surface area contributed by atoms with Crippen LogP contribution in [-0.4, -0.2) is 42.5 Å². The molecule has 0 aromatic carbocycles. The van der Waals surface area contributed by atoms with Gasteiger partial charge in [-0.15, -0.1) is 11.3 Å². The molecule has 1 rings (SSSR count). The van der Waals surface area contributed by atoms with Crippen molar-refractivity contribution in [1.29, 1.82) is 0 Å². The van der Waals surface area contributed by atoms with Crippen LogP contribution in [0.1, 0.15) is 26.5 Å². The minimum Gasteiger partial charge on any atom is -0.481 e. The average Bonchev–Trinajstić information content (AvgIpc) is 2.78. The molecule has 0 unspecified atom stereocenters. The number of anilines is 1. The summed E-state index contributed by atoms with van der Waals surface area (Å²) in [5.74, 6) is -0.789. The van der Waals surface area contributed by atoms with Crippen LogP contribution in [-0.2, 0) is 20.0 Å². The highest BCUT2D eigenvalue weighted by Gasteiger charge is 2.32. The molecule has 0 bridgehead atoms. The molecule has 1 aromatic heterocycles. The van der Waals surface area contributed by atoms with Gasteiger partial charge in [0, 0.05) is 17.7 Å². The van der Waals surface area contributed by atoms with Crippen molar-refractivity contribution in [2.45, 2.75) is 26.2 Å². The molecule has 0 radical (unpaired) electrons. The van der Waals surface area contributed by atoms with Gasteiger partial charge in [-0.05, 0) is 13.8 Å². The number of carbonyl (C=O) groups is 1. The first-order valence-corrected chi connectivity index (χ1v) is 8.53. The van der Waals surface area contributed by atoms with Gasteiger partial charge in [0.05, 0.1) is 11.4 Å². The van der Waals surface area contributed by atoms with Crippen LogP contribution in [0.25, 0.3) is 0 Å². The molecule has 0 fully saturated rings. The lowest BCUT2D eigenvalue weighted by atomic mass is 9.90. The fraction of sp³-hybridized carbons (Fsp3) is 0.636. The van der Waals surface area contributed by atoms with Crippen molar-refractivity contribution >= 4 is 32.3 Å². The zero-order chi connectivity index (χ0) is 14.7. The molecule has 2 N–H and O–H groups in total. The highest BCUT2D eigenvalue weighted by atomic mass is 32.2. The average molecular weight is 306 g/mol. The zero-order valence-electron chi connectivity index (χ0n) is 11.1. The summed E-state index contributed by atoms with van der Waals surface area (Å²) in [4.78, 5) is 15.3. The fourth-order valence-electron chi connectivity index (χ4n) is 1.21. The van der Waals surface area contributed by atoms with Gasteiger partial charge in [-0.2, -0.15) is 0 Å². The molecule has 6 nitrogen and oxygen atoms in total. The number of aromatic nitrogens is 1. The number of carboxylic acids is 1. The molecule has 0 aliphatic heterocycles. The van der Waals surface area contributed by atoms with Gasteiger partial charge in [0.25, 0.3) is 0 Å². The van der Waals surface area contributed by atoms with Crippen LogP contribution >= 0.6 is 11.3 Å². The van der Waals surface area contributed by atoms with Crippen LogP contribution < -0.4 is 5.32 Å². The summed E-state index contributed by atoms with van der Waals surface area (Å²) in [7, 11) is -3.00. The summed E-state index contributed by atoms with van der Waals surface area (Å²) in [6, 6.07) is 0. The maximum Gasteiger partial charge on any atom is 0.315 e. The van der Waals surface area contributed by atoms with Crippen LogP contribution in [0, 0.1) is 0 Å². The topological polar surface area (TPSA) is 96.4 Å². The monoisotopic (exact) mass is 306 g/mol. The van der Waals surface area contributed by atoms with Crippen molar-refractivity contribution in [2.75, 3.05) is 23.4 Å². The first-order chi connectivity index (χ1) is 8.69. The molecule has 8 heteroatoms. The van der Waals surface area contributed by atoms with Crippen LogP contribution in [0.2, 0.25) is 0 Å². The second-order valence-corrected chi connectivity index (χ2v) is 7.96. The largest absolute Gasteiger partial charge is 0.481 e. The number of nitrogens with zero attached hydrogens (tertiary/aromatic N) is 1. The van der Waals surface area contributed by atoms with Crippen molar-refractivity contribution < 1.29 is 18.3 Å². The molecule has 19 heavy (non-hydrogen) atoms. The molecule has 0 aliphatic carbocycles. The van der Waals surface area contributed by atoms with E-state index in [1.807, 2.05) is 0 Å². The van der Waals surface area contributed by atoms with E-state index in [0.29, 0.717) is 10.8 Å². The molecule has 1 heterocycles. The first-order valence-electron chi connectivity index (χ1n) is 5.82. The van der Waals surface area contributed by atoms with Gasteiger partial charge in [-0.1, -0.05) is 6.92 Å². The van der Waals surface area contributed by atoms with Crippen LogP contribution in [0.3, 0.4) is 0 Å². The summed E-state index contributed by atoms with van der Waals surface area (Å²) in [6.07, 6.45) is 0. The molecular formula is C11H18N2O4S2. The summed E-state index contributed by atoms with van der Waals surface area (Å²) < 4.78 is 22.6. The van der Waals surface area contributed by atoms with Crippen LogP contribution in [0.4, 0.5) is 5.13 Å². The lowest BCUT2D eigenvalue weighted by Crippen LogP contribution is -2.28. The van der Waals surface area contributed by atoms with E-state index < -0.39 is 21.2 Å². The quantitative estimate of drug-likeness (QED) is 0.789. The van der Waals surface area contributed by atoms with E-state index in [1.54, 1.807) is 26.2 Å². The second kappa shape index (κ2) is 5.87. The Bertz CT molecular complexity index is 549. The SMILES string of the molecule is CCS(=O)(=O)CCNc1nc(C(C)(C)C(=O)O)cs1. The normalized spacial score (nSPS) is 12.4. The van der Waals surface area contributed by atoms with E-state index in [4.69, 9.17) is 5.11 Å². The van der Waals surface area contributed by atoms with Gasteiger partial charge >= 0.3 is 5.97 Å². The Kier molecular flexibility index (Phi) is 4.92. The number of aliphatic carboxylic acids is 1. The lowest BCUT2D eigenvalue weighted by molar-refractivity contribution is -0.142. The molecule has 1 aromatic rings. The van der Waals surface area contributed by atoms with E-state index in [-0.39, 0.29) is 18.1 Å². The molecule has 108 valence electrons. The van der Waals surface area contributed by atoms with Crippen molar-refractivity contribution in [1.82, 2.24) is 4.98 Å². The number of sulfone groups is 1. The highest BCUT2D eigenvalue weighted by Crippen LogP contribution is 2.27. The van der Waals surface area contributed by atoms with Crippen LogP contribution in [0.5, 0.6) is 0 Å². The third-order valence-electron chi connectivity index (χ3n) is 2.81. The smallest absolute Gasteiger partial charge is 0.315 e. The van der Waals surface area contributed by atoms with Crippen molar-refractivity contribution in [3.05, 3.63) is 11.1 Å². The van der Waals surface area contributed by atoms with Gasteiger partial charge in [0.2, 0.25) is 0 Å². The molecule has 0 saturated carbocycles. The van der Waals surface area contributed by atoms with E-state index >= 15 is 0 Å². The maximum absolute atomic E-state index is 11.3. The predicted octanol–water partition coefficient (Wildman–Crippen LogP) is 1.35. The molecule has 0 spiro atoms. The molecular weight excluding hydrogens is 288 g/mol. The number of rotatable bonds is 7. The Labute approximate surface area is 116 Å². The third-order valence-corrected chi connectivity index (χ3v) is 5.31. The molecule has 0 saturated heterocycles. The van der Waals surface area contributed by atoms with Gasteiger partial charge in [-0.3, -0.25) is 4.79 Å². The van der Waals surface area contributed by atoms with E-state index in [2.05, 4.69) is 10.3 Å². The van der Waals surface area contributed by atoms with E-state index in [9.17, 15) is 13.2 Å². The standard InChI is InChI=1S/C11H18N2O4S2/c1-4-19(16,17)6-5-12-10-13-8(7-18-10)11(2,3)9(14)15/h7H,4-6H2,1-3H3,(H,12,13)(H,14,15). The first kappa shape index (κ1) is 15.9. The van der Waals surface area contributed by atoms with E-state index in [0.717, 1.165) is 0 Å². The Morgan fingerprint density at radius 3 is 2.68 bits per heavy atom. The zero-order valence-corrected chi connectivity index (χ0v) is 12.8. The Morgan fingerprint density at radius 1 is 1.53 bits per heavy atom. The van der Waals surface area contributed by atoms with Crippen molar-refractivity contribution in [3.8, 4) is 0 Å². The number of hydrogen-bond donors (Lipinski definition) is 2. The lowest BCUT2D eigenvalue weighted by Gasteiger charge is -2.15. The van der Waals surface area contributed by atoms with Gasteiger partial charge in [0.15, 0.2) is 15.0 Å². The molecule has 0 amide bonds. The summed E-state index contributed by atoms with van der Waals surface area (Å²) in [5, 5.41) is 14.2. The predicted molar refractivity (Wildman–Crippen MR) is 75.6 cm³/mol. The Hall–Kier alpha value is -1.15. The van der Waals surface area contributed by atoms with Gasteiger partial charge in [-0.25, -0.2) is 13.4 Å². The summed E-state index contributed by atoms with van der Waals surface area (Å²) >= 11 is 1.27. The maximum atomic E-state index is 11.3. The fourth-order valence-corrected chi connectivity index (χ4v) is 2.82. The molecule has 0 atom stereocenters. The number of nitrogens with one attached hydrogen (secondary N) is 1. The van der Waals surface area contributed by atoms with Crippen LogP contribution in [0.15, 0.2) is 5.38 Å². The van der Waals surface area contributed by atoms with Gasteiger partial charge in [0.1, 0.15) is 5.41 Å². The minimum absolute atomic E-state index is 0.0424. The van der Waals surface area contributed by atoms with E-state index in [1.165, 1.54) is 11.3 Å².